The second-order valence-corrected chi connectivity index (χ2v) is 2.88. The second kappa shape index (κ2) is 3.02. The lowest BCUT2D eigenvalue weighted by atomic mass is 10.7. The van der Waals surface area contributed by atoms with Gasteiger partial charge in [-0.05, 0) is 7.05 Å². The van der Waals surface area contributed by atoms with Gasteiger partial charge in [0.2, 0.25) is 0 Å². The number of hydrogen-bond acceptors (Lipinski definition) is 2. The third-order valence-electron chi connectivity index (χ3n) is 0.730. The van der Waals surface area contributed by atoms with Gasteiger partial charge in [0.15, 0.2) is 0 Å². The maximum absolute atomic E-state index is 3.01. The number of quaternary nitrogens is 1. The van der Waals surface area contributed by atoms with Crippen LogP contribution in [0.3, 0.4) is 0 Å². The van der Waals surface area contributed by atoms with Crippen LogP contribution in [0.15, 0.2) is 0 Å². The highest BCUT2D eigenvalue weighted by molar-refractivity contribution is 4.16. The van der Waals surface area contributed by atoms with E-state index in [2.05, 4.69) is 32.0 Å². The van der Waals surface area contributed by atoms with Crippen molar-refractivity contribution in [3.8, 4) is 0 Å². The maximum atomic E-state index is 3.01. The SMILES string of the molecule is CNNC[N+](C)(C)C. The predicted octanol–water partition coefficient (Wildman–Crippen LogP) is -0.626. The molecule has 0 aromatic carbocycles. The van der Waals surface area contributed by atoms with E-state index in [1.54, 1.807) is 0 Å². The first-order chi connectivity index (χ1) is 3.56. The molecular formula is C5H16N3+. The molecule has 3 heteroatoms. The van der Waals surface area contributed by atoms with Crippen LogP contribution in [0, 0.1) is 0 Å². The van der Waals surface area contributed by atoms with E-state index in [1.165, 1.54) is 0 Å². The van der Waals surface area contributed by atoms with E-state index < -0.39 is 0 Å². The van der Waals surface area contributed by atoms with Crippen molar-refractivity contribution in [2.45, 2.75) is 0 Å². The van der Waals surface area contributed by atoms with Crippen LogP contribution >= 0.6 is 0 Å². The fourth-order valence-electron chi connectivity index (χ4n) is 0.316. The van der Waals surface area contributed by atoms with Crippen molar-refractivity contribution < 1.29 is 4.48 Å². The topological polar surface area (TPSA) is 24.1 Å². The van der Waals surface area contributed by atoms with E-state index in [0.29, 0.717) is 0 Å². The van der Waals surface area contributed by atoms with Gasteiger partial charge >= 0.3 is 0 Å². The van der Waals surface area contributed by atoms with E-state index in [0.717, 1.165) is 11.2 Å². The zero-order valence-corrected chi connectivity index (χ0v) is 6.15. The Morgan fingerprint density at radius 1 is 1.25 bits per heavy atom. The maximum Gasteiger partial charge on any atom is 0.144 e. The Bertz CT molecular complexity index is 55.2. The lowest BCUT2D eigenvalue weighted by molar-refractivity contribution is -0.873. The van der Waals surface area contributed by atoms with Gasteiger partial charge in [-0.15, -0.1) is 0 Å². The molecule has 0 saturated carbocycles. The monoisotopic (exact) mass is 118 g/mol. The van der Waals surface area contributed by atoms with Gasteiger partial charge in [0.1, 0.15) is 6.67 Å². The quantitative estimate of drug-likeness (QED) is 0.293. The van der Waals surface area contributed by atoms with Gasteiger partial charge in [-0.1, -0.05) is 0 Å². The predicted molar refractivity (Wildman–Crippen MR) is 35.1 cm³/mol. The summed E-state index contributed by atoms with van der Waals surface area (Å²) >= 11 is 0. The van der Waals surface area contributed by atoms with Crippen LogP contribution in [0.4, 0.5) is 0 Å². The van der Waals surface area contributed by atoms with Crippen molar-refractivity contribution >= 4 is 0 Å². The molecule has 0 saturated heterocycles. The summed E-state index contributed by atoms with van der Waals surface area (Å²) in [6.07, 6.45) is 0. The average molecular weight is 118 g/mol. The number of nitrogens with one attached hydrogen (secondary N) is 2. The summed E-state index contributed by atoms with van der Waals surface area (Å²) in [4.78, 5) is 0. The fourth-order valence-corrected chi connectivity index (χ4v) is 0.316. The largest absolute Gasteiger partial charge is 0.318 e. The summed E-state index contributed by atoms with van der Waals surface area (Å²) in [5, 5.41) is 0. The molecule has 0 spiro atoms. The Morgan fingerprint density at radius 2 is 1.75 bits per heavy atom. The van der Waals surface area contributed by atoms with Crippen molar-refractivity contribution in [3.63, 3.8) is 0 Å². The van der Waals surface area contributed by atoms with Gasteiger partial charge in [-0.2, -0.15) is 0 Å². The molecule has 3 nitrogen and oxygen atoms in total. The third kappa shape index (κ3) is 5.88. The standard InChI is InChI=1S/C5H16N3/c1-6-7-5-8(2,3)4/h6-7H,5H2,1-4H3/q+1. The number of rotatable bonds is 3. The van der Waals surface area contributed by atoms with Crippen LogP contribution in [0.5, 0.6) is 0 Å². The second-order valence-electron chi connectivity index (χ2n) is 2.88. The highest BCUT2D eigenvalue weighted by Crippen LogP contribution is 1.81. The van der Waals surface area contributed by atoms with Gasteiger partial charge in [-0.3, -0.25) is 5.43 Å². The Kier molecular flexibility index (Phi) is 2.97. The summed E-state index contributed by atoms with van der Waals surface area (Å²) < 4.78 is 0.931. The van der Waals surface area contributed by atoms with Crippen LogP contribution in [0.25, 0.3) is 0 Å². The van der Waals surface area contributed by atoms with Crippen LogP contribution in [-0.2, 0) is 0 Å². The van der Waals surface area contributed by atoms with Crippen LogP contribution in [0.2, 0.25) is 0 Å². The van der Waals surface area contributed by atoms with Crippen molar-refractivity contribution in [2.24, 2.45) is 0 Å². The molecule has 0 heterocycles. The molecule has 0 rings (SSSR count). The molecule has 0 bridgehead atoms. The van der Waals surface area contributed by atoms with Gasteiger partial charge < -0.3 is 4.48 Å². The molecule has 0 aromatic heterocycles. The molecule has 0 atom stereocenters. The zero-order valence-electron chi connectivity index (χ0n) is 6.15. The molecule has 0 aliphatic heterocycles. The molecule has 0 amide bonds. The summed E-state index contributed by atoms with van der Waals surface area (Å²) in [5.74, 6) is 0. The third-order valence-corrected chi connectivity index (χ3v) is 0.730. The summed E-state index contributed by atoms with van der Waals surface area (Å²) in [7, 11) is 8.26. The zero-order chi connectivity index (χ0) is 6.62. The van der Waals surface area contributed by atoms with Crippen LogP contribution in [-0.4, -0.2) is 39.3 Å². The molecule has 2 N–H and O–H groups in total. The van der Waals surface area contributed by atoms with Gasteiger partial charge in [-0.25, -0.2) is 5.43 Å². The number of hydrogen-bond donors (Lipinski definition) is 2. The highest BCUT2D eigenvalue weighted by Gasteiger charge is 2.02. The Labute approximate surface area is 51.2 Å². The van der Waals surface area contributed by atoms with Crippen LogP contribution < -0.4 is 10.9 Å². The van der Waals surface area contributed by atoms with Gasteiger partial charge in [0, 0.05) is 0 Å². The number of nitrogens with zero attached hydrogens (tertiary/aromatic N) is 1. The van der Waals surface area contributed by atoms with E-state index in [4.69, 9.17) is 0 Å². The summed E-state index contributed by atoms with van der Waals surface area (Å²) in [6.45, 7) is 0.941. The molecule has 0 aliphatic rings. The number of hydrazine groups is 1. The summed E-state index contributed by atoms with van der Waals surface area (Å²) in [6, 6.07) is 0. The minimum absolute atomic E-state index is 0.931. The normalized spacial score (nSPS) is 12.0. The van der Waals surface area contributed by atoms with Crippen molar-refractivity contribution in [1.82, 2.24) is 10.9 Å². The first-order valence-corrected chi connectivity index (χ1v) is 2.76. The summed E-state index contributed by atoms with van der Waals surface area (Å²) in [5.41, 5.74) is 5.87. The molecule has 50 valence electrons. The first-order valence-electron chi connectivity index (χ1n) is 2.76. The van der Waals surface area contributed by atoms with Crippen molar-refractivity contribution in [2.75, 3.05) is 34.9 Å². The van der Waals surface area contributed by atoms with E-state index in [-0.39, 0.29) is 0 Å². The lowest BCUT2D eigenvalue weighted by Crippen LogP contribution is -2.46. The Balaban J connectivity index is 3.11. The van der Waals surface area contributed by atoms with E-state index >= 15 is 0 Å². The molecule has 0 aromatic rings. The molecule has 8 heavy (non-hydrogen) atoms. The van der Waals surface area contributed by atoms with Gasteiger partial charge in [0.25, 0.3) is 0 Å². The Hall–Kier alpha value is -0.120. The van der Waals surface area contributed by atoms with Gasteiger partial charge in [0.05, 0.1) is 21.1 Å². The van der Waals surface area contributed by atoms with E-state index in [1.807, 2.05) is 7.05 Å². The Morgan fingerprint density at radius 3 is 1.88 bits per heavy atom. The smallest absolute Gasteiger partial charge is 0.144 e. The first kappa shape index (κ1) is 7.88. The van der Waals surface area contributed by atoms with Crippen molar-refractivity contribution in [3.05, 3.63) is 0 Å². The average Bonchev–Trinajstić information content (AvgIpc) is 1.59. The molecule has 0 radical (unpaired) electrons. The minimum Gasteiger partial charge on any atom is -0.318 e. The highest BCUT2D eigenvalue weighted by atomic mass is 15.5. The molecule has 0 fully saturated rings. The lowest BCUT2D eigenvalue weighted by Gasteiger charge is -2.23. The van der Waals surface area contributed by atoms with E-state index in [9.17, 15) is 0 Å². The van der Waals surface area contributed by atoms with Crippen molar-refractivity contribution in [1.29, 1.82) is 0 Å². The molecular weight excluding hydrogens is 102 g/mol. The van der Waals surface area contributed by atoms with Crippen LogP contribution in [0.1, 0.15) is 0 Å². The fraction of sp³-hybridized carbons (Fsp3) is 1.00. The molecule has 0 aliphatic carbocycles. The molecule has 0 unspecified atom stereocenters. The minimum atomic E-state index is 0.931.